The van der Waals surface area contributed by atoms with Crippen LogP contribution in [0.1, 0.15) is 11.3 Å². The molecule has 0 spiro atoms. The predicted octanol–water partition coefficient (Wildman–Crippen LogP) is 4.76. The molecule has 0 aliphatic carbocycles. The Hall–Kier alpha value is -3.26. The zero-order valence-corrected chi connectivity index (χ0v) is 14.7. The van der Waals surface area contributed by atoms with Gasteiger partial charge in [0.1, 0.15) is 0 Å². The molecule has 0 saturated heterocycles. The van der Waals surface area contributed by atoms with Gasteiger partial charge in [0, 0.05) is 17.2 Å². The largest absolute Gasteiger partial charge is 0.299 e. The van der Waals surface area contributed by atoms with Crippen molar-refractivity contribution < 1.29 is 4.92 Å². The Morgan fingerprint density at radius 2 is 1.81 bits per heavy atom. The lowest BCUT2D eigenvalue weighted by atomic mass is 10.2. The highest BCUT2D eigenvalue weighted by atomic mass is 35.5. The number of azo groups is 1. The van der Waals surface area contributed by atoms with E-state index in [1.807, 2.05) is 6.92 Å². The van der Waals surface area contributed by atoms with Gasteiger partial charge >= 0.3 is 0 Å². The quantitative estimate of drug-likeness (QED) is 0.406. The molecule has 0 aliphatic rings. The van der Waals surface area contributed by atoms with Crippen molar-refractivity contribution in [2.24, 2.45) is 10.2 Å². The minimum absolute atomic E-state index is 0.0542. The third-order valence-corrected chi connectivity index (χ3v) is 4.27. The fourth-order valence-electron chi connectivity index (χ4n) is 2.37. The van der Waals surface area contributed by atoms with Crippen LogP contribution >= 0.6 is 11.6 Å². The van der Waals surface area contributed by atoms with Gasteiger partial charge in [0.25, 0.3) is 11.2 Å². The van der Waals surface area contributed by atoms with Gasteiger partial charge in [0.2, 0.25) is 0 Å². The van der Waals surface area contributed by atoms with Crippen molar-refractivity contribution in [1.29, 1.82) is 0 Å². The monoisotopic (exact) mass is 371 g/mol. The van der Waals surface area contributed by atoms with Crippen molar-refractivity contribution in [1.82, 2.24) is 9.78 Å². The molecule has 0 atom stereocenters. The van der Waals surface area contributed by atoms with Crippen LogP contribution in [0, 0.1) is 24.0 Å². The number of nitro benzene ring substituents is 1. The number of H-pyrrole nitrogens is 1. The number of nitrogens with one attached hydrogen (secondary N) is 1. The van der Waals surface area contributed by atoms with E-state index >= 15 is 0 Å². The second-order valence-electron chi connectivity index (χ2n) is 5.58. The zero-order valence-electron chi connectivity index (χ0n) is 13.9. The molecule has 1 heterocycles. The van der Waals surface area contributed by atoms with Crippen LogP contribution in [0.3, 0.4) is 0 Å². The van der Waals surface area contributed by atoms with E-state index in [2.05, 4.69) is 15.3 Å². The molecular weight excluding hydrogens is 358 g/mol. The summed E-state index contributed by atoms with van der Waals surface area (Å²) in [5, 5.41) is 22.4. The smallest absolute Gasteiger partial charge is 0.293 e. The maximum atomic E-state index is 12.6. The summed E-state index contributed by atoms with van der Waals surface area (Å²) < 4.78 is 1.26. The number of hydrogen-bond acceptors (Lipinski definition) is 5. The zero-order chi connectivity index (χ0) is 18.8. The number of aromatic nitrogens is 2. The molecule has 26 heavy (non-hydrogen) atoms. The van der Waals surface area contributed by atoms with E-state index in [4.69, 9.17) is 11.6 Å². The fourth-order valence-corrected chi connectivity index (χ4v) is 2.54. The fraction of sp³-hybridized carbons (Fsp3) is 0.118. The first kappa shape index (κ1) is 17.6. The first-order valence-electron chi connectivity index (χ1n) is 7.62. The molecule has 0 amide bonds. The van der Waals surface area contributed by atoms with E-state index in [0.717, 1.165) is 5.56 Å². The summed E-state index contributed by atoms with van der Waals surface area (Å²) in [6.45, 7) is 3.51. The number of nitro groups is 1. The van der Waals surface area contributed by atoms with Crippen LogP contribution in [0.4, 0.5) is 17.1 Å². The summed E-state index contributed by atoms with van der Waals surface area (Å²) in [4.78, 5) is 22.8. The number of aromatic amines is 1. The van der Waals surface area contributed by atoms with Crippen LogP contribution in [-0.4, -0.2) is 14.7 Å². The number of aryl methyl sites for hydroxylation is 1. The third-order valence-electron chi connectivity index (χ3n) is 3.86. The number of nitrogens with zero attached hydrogens (tertiary/aromatic N) is 4. The maximum Gasteiger partial charge on any atom is 0.299 e. The normalized spacial score (nSPS) is 11.2. The van der Waals surface area contributed by atoms with E-state index in [1.165, 1.54) is 28.9 Å². The van der Waals surface area contributed by atoms with Crippen molar-refractivity contribution in [3.63, 3.8) is 0 Å². The van der Waals surface area contributed by atoms with Gasteiger partial charge in [-0.2, -0.15) is 0 Å². The van der Waals surface area contributed by atoms with Gasteiger partial charge in [-0.15, -0.1) is 10.2 Å². The molecule has 1 aromatic heterocycles. The molecule has 132 valence electrons. The summed E-state index contributed by atoms with van der Waals surface area (Å²) in [5.74, 6) is 0. The SMILES string of the molecule is Cc1[nH]n(-c2ccc([N+](=O)[O-])cc2)c(=O)c1N=Nc1cccc(Cl)c1C. The lowest BCUT2D eigenvalue weighted by Crippen LogP contribution is -2.13. The van der Waals surface area contributed by atoms with Crippen LogP contribution < -0.4 is 5.56 Å². The molecule has 0 saturated carbocycles. The lowest BCUT2D eigenvalue weighted by Gasteiger charge is -2.00. The van der Waals surface area contributed by atoms with Crippen LogP contribution in [0.25, 0.3) is 5.69 Å². The molecule has 0 unspecified atom stereocenters. The molecule has 0 aliphatic heterocycles. The van der Waals surface area contributed by atoms with Crippen LogP contribution in [0.15, 0.2) is 57.5 Å². The molecule has 1 N–H and O–H groups in total. The third kappa shape index (κ3) is 3.27. The first-order chi connectivity index (χ1) is 12.4. The molecule has 0 bridgehead atoms. The van der Waals surface area contributed by atoms with Gasteiger partial charge in [0.05, 0.1) is 22.0 Å². The average Bonchev–Trinajstić information content (AvgIpc) is 2.90. The number of hydrogen-bond donors (Lipinski definition) is 1. The van der Waals surface area contributed by atoms with Crippen molar-refractivity contribution in [3.05, 3.63) is 79.2 Å². The van der Waals surface area contributed by atoms with Crippen LogP contribution in [0.2, 0.25) is 5.02 Å². The van der Waals surface area contributed by atoms with Crippen LogP contribution in [0.5, 0.6) is 0 Å². The van der Waals surface area contributed by atoms with Gasteiger partial charge < -0.3 is 0 Å². The Kier molecular flexibility index (Phi) is 4.68. The standard InChI is InChI=1S/C17H14ClN5O3/c1-10-14(18)4-3-5-15(10)19-20-16-11(2)21-22(17(16)24)12-6-8-13(9-7-12)23(25)26/h3-9,21H,1-2H3. The van der Waals surface area contributed by atoms with E-state index in [1.54, 1.807) is 25.1 Å². The first-order valence-corrected chi connectivity index (χ1v) is 7.99. The Morgan fingerprint density at radius 3 is 2.46 bits per heavy atom. The summed E-state index contributed by atoms with van der Waals surface area (Å²) in [5.41, 5.74) is 2.02. The molecule has 9 heteroatoms. The van der Waals surface area contributed by atoms with Crippen LogP contribution in [-0.2, 0) is 0 Å². The maximum absolute atomic E-state index is 12.6. The molecular formula is C17H14ClN5O3. The molecule has 8 nitrogen and oxygen atoms in total. The molecule has 2 aromatic carbocycles. The van der Waals surface area contributed by atoms with E-state index in [0.29, 0.717) is 22.1 Å². The Bertz CT molecular complexity index is 1070. The summed E-state index contributed by atoms with van der Waals surface area (Å²) in [7, 11) is 0. The summed E-state index contributed by atoms with van der Waals surface area (Å²) >= 11 is 6.06. The van der Waals surface area contributed by atoms with E-state index in [9.17, 15) is 14.9 Å². The van der Waals surface area contributed by atoms with E-state index < -0.39 is 10.5 Å². The lowest BCUT2D eigenvalue weighted by molar-refractivity contribution is -0.384. The van der Waals surface area contributed by atoms with Gasteiger partial charge in [-0.3, -0.25) is 20.0 Å². The Balaban J connectivity index is 1.98. The Labute approximate surface area is 152 Å². The number of non-ortho nitro benzene ring substituents is 1. The minimum Gasteiger partial charge on any atom is -0.293 e. The predicted molar refractivity (Wildman–Crippen MR) is 98.1 cm³/mol. The summed E-state index contributed by atoms with van der Waals surface area (Å²) in [6.07, 6.45) is 0. The molecule has 3 aromatic rings. The number of halogens is 1. The molecule has 3 rings (SSSR count). The number of benzene rings is 2. The van der Waals surface area contributed by atoms with Crippen molar-refractivity contribution in [3.8, 4) is 5.69 Å². The topological polar surface area (TPSA) is 106 Å². The van der Waals surface area contributed by atoms with Gasteiger partial charge in [-0.1, -0.05) is 17.7 Å². The van der Waals surface area contributed by atoms with Gasteiger partial charge in [-0.25, -0.2) is 4.68 Å². The second kappa shape index (κ2) is 6.93. The van der Waals surface area contributed by atoms with Crippen molar-refractivity contribution in [2.75, 3.05) is 0 Å². The average molecular weight is 372 g/mol. The van der Waals surface area contributed by atoms with Crippen molar-refractivity contribution in [2.45, 2.75) is 13.8 Å². The number of rotatable bonds is 4. The highest BCUT2D eigenvalue weighted by Gasteiger charge is 2.13. The highest BCUT2D eigenvalue weighted by Crippen LogP contribution is 2.27. The van der Waals surface area contributed by atoms with Gasteiger partial charge in [-0.05, 0) is 43.7 Å². The van der Waals surface area contributed by atoms with E-state index in [-0.39, 0.29) is 11.4 Å². The highest BCUT2D eigenvalue weighted by molar-refractivity contribution is 6.31. The Morgan fingerprint density at radius 1 is 1.12 bits per heavy atom. The van der Waals surface area contributed by atoms with Gasteiger partial charge in [0.15, 0.2) is 5.69 Å². The molecule has 0 fully saturated rings. The molecule has 0 radical (unpaired) electrons. The second-order valence-corrected chi connectivity index (χ2v) is 5.99. The van der Waals surface area contributed by atoms with Crippen molar-refractivity contribution >= 4 is 28.7 Å². The summed E-state index contributed by atoms with van der Waals surface area (Å²) in [6, 6.07) is 10.9. The minimum atomic E-state index is -0.501.